The maximum Gasteiger partial charge on any atom is 0.412 e. The van der Waals surface area contributed by atoms with Crippen LogP contribution in [0.3, 0.4) is 0 Å². The average Bonchev–Trinajstić information content (AvgIpc) is 2.75. The Balaban J connectivity index is 1.72. The standard InChI is InChI=1S/C23H30ClN3O4/c1-15(2)21-22(31-23(28)25-12-17-5-7-18(24)8-6-17)16(3)11-20(26-21)27-9-10-30-19(13-27)14-29-4/h5-8,11,15,19H,9-10,12-14H2,1-4H3,(H,25,28)/t19-/m0/s1. The third kappa shape index (κ3) is 6.32. The monoisotopic (exact) mass is 447 g/mol. The number of aryl methyl sites for hydroxylation is 1. The molecule has 8 heteroatoms. The summed E-state index contributed by atoms with van der Waals surface area (Å²) >= 11 is 5.90. The van der Waals surface area contributed by atoms with Crippen molar-refractivity contribution in [3.05, 3.63) is 52.2 Å². The van der Waals surface area contributed by atoms with Crippen molar-refractivity contribution in [2.24, 2.45) is 0 Å². The molecule has 1 saturated heterocycles. The van der Waals surface area contributed by atoms with Gasteiger partial charge in [0, 0.05) is 31.8 Å². The molecule has 0 aliphatic carbocycles. The number of ether oxygens (including phenoxy) is 3. The number of benzene rings is 1. The maximum atomic E-state index is 12.5. The van der Waals surface area contributed by atoms with Crippen LogP contribution in [-0.4, -0.2) is 50.6 Å². The molecule has 1 aromatic carbocycles. The highest BCUT2D eigenvalue weighted by Crippen LogP contribution is 2.32. The first kappa shape index (κ1) is 23.3. The highest BCUT2D eigenvalue weighted by Gasteiger charge is 2.24. The number of methoxy groups -OCH3 is 1. The number of hydrogen-bond donors (Lipinski definition) is 1. The molecule has 2 heterocycles. The number of aromatic nitrogens is 1. The van der Waals surface area contributed by atoms with E-state index in [0.717, 1.165) is 29.2 Å². The van der Waals surface area contributed by atoms with Gasteiger partial charge in [0.2, 0.25) is 0 Å². The van der Waals surface area contributed by atoms with Crippen LogP contribution in [0.1, 0.15) is 36.6 Å². The predicted octanol–water partition coefficient (Wildman–Crippen LogP) is 4.31. The fourth-order valence-electron chi connectivity index (χ4n) is 3.47. The summed E-state index contributed by atoms with van der Waals surface area (Å²) in [5, 5.41) is 3.44. The number of nitrogens with zero attached hydrogens (tertiary/aromatic N) is 2. The minimum Gasteiger partial charge on any atom is -0.408 e. The Labute approximate surface area is 188 Å². The fourth-order valence-corrected chi connectivity index (χ4v) is 3.60. The van der Waals surface area contributed by atoms with Crippen LogP contribution in [0.5, 0.6) is 5.75 Å². The Kier molecular flexibility index (Phi) is 8.12. The molecule has 0 unspecified atom stereocenters. The van der Waals surface area contributed by atoms with Gasteiger partial charge in [-0.15, -0.1) is 0 Å². The normalized spacial score (nSPS) is 16.5. The van der Waals surface area contributed by atoms with E-state index in [1.807, 2.05) is 39.0 Å². The molecule has 1 atom stereocenters. The quantitative estimate of drug-likeness (QED) is 0.681. The Hall–Kier alpha value is -2.35. The number of anilines is 1. The number of rotatable bonds is 7. The van der Waals surface area contributed by atoms with Crippen molar-refractivity contribution in [1.29, 1.82) is 0 Å². The molecule has 1 aromatic heterocycles. The number of halogens is 1. The molecule has 31 heavy (non-hydrogen) atoms. The van der Waals surface area contributed by atoms with Gasteiger partial charge < -0.3 is 24.4 Å². The average molecular weight is 448 g/mol. The molecule has 1 aliphatic rings. The zero-order chi connectivity index (χ0) is 22.4. The SMILES string of the molecule is COC[C@@H]1CN(c2cc(C)c(OC(=O)NCc3ccc(Cl)cc3)c(C(C)C)n2)CCO1. The molecular weight excluding hydrogens is 418 g/mol. The first-order valence-electron chi connectivity index (χ1n) is 10.4. The lowest BCUT2D eigenvalue weighted by atomic mass is 10.1. The number of carbonyl (C=O) groups excluding carboxylic acids is 1. The largest absolute Gasteiger partial charge is 0.412 e. The second kappa shape index (κ2) is 10.8. The number of hydrogen-bond acceptors (Lipinski definition) is 6. The van der Waals surface area contributed by atoms with Crippen LogP contribution in [-0.2, 0) is 16.0 Å². The Morgan fingerprint density at radius 3 is 2.77 bits per heavy atom. The van der Waals surface area contributed by atoms with Crippen molar-refractivity contribution in [3.8, 4) is 5.75 Å². The summed E-state index contributed by atoms with van der Waals surface area (Å²) in [6.45, 7) is 9.00. The second-order valence-electron chi connectivity index (χ2n) is 7.93. The first-order valence-corrected chi connectivity index (χ1v) is 10.8. The lowest BCUT2D eigenvalue weighted by Gasteiger charge is -2.34. The number of amides is 1. The van der Waals surface area contributed by atoms with Crippen LogP contribution in [0.2, 0.25) is 5.02 Å². The molecule has 0 bridgehead atoms. The molecule has 3 rings (SSSR count). The van der Waals surface area contributed by atoms with Crippen molar-refractivity contribution < 1.29 is 19.0 Å². The zero-order valence-electron chi connectivity index (χ0n) is 18.5. The highest BCUT2D eigenvalue weighted by molar-refractivity contribution is 6.30. The smallest absolute Gasteiger partial charge is 0.408 e. The van der Waals surface area contributed by atoms with Crippen LogP contribution >= 0.6 is 11.6 Å². The highest BCUT2D eigenvalue weighted by atomic mass is 35.5. The van der Waals surface area contributed by atoms with E-state index in [2.05, 4.69) is 10.2 Å². The van der Waals surface area contributed by atoms with E-state index < -0.39 is 6.09 Å². The molecule has 1 N–H and O–H groups in total. The molecule has 2 aromatic rings. The van der Waals surface area contributed by atoms with Crippen LogP contribution in [0.15, 0.2) is 30.3 Å². The zero-order valence-corrected chi connectivity index (χ0v) is 19.2. The van der Waals surface area contributed by atoms with Crippen LogP contribution in [0.25, 0.3) is 0 Å². The summed E-state index contributed by atoms with van der Waals surface area (Å²) in [6.07, 6.45) is -0.501. The molecule has 1 aliphatic heterocycles. The van der Waals surface area contributed by atoms with Gasteiger partial charge in [-0.1, -0.05) is 37.6 Å². The lowest BCUT2D eigenvalue weighted by molar-refractivity contribution is -0.0102. The van der Waals surface area contributed by atoms with Gasteiger partial charge in [0.05, 0.1) is 25.0 Å². The number of carbonyl (C=O) groups is 1. The van der Waals surface area contributed by atoms with Gasteiger partial charge in [-0.05, 0) is 42.2 Å². The molecule has 7 nitrogen and oxygen atoms in total. The van der Waals surface area contributed by atoms with Gasteiger partial charge >= 0.3 is 6.09 Å². The van der Waals surface area contributed by atoms with Gasteiger partial charge in [0.1, 0.15) is 5.82 Å². The number of pyridine rings is 1. The second-order valence-corrected chi connectivity index (χ2v) is 8.37. The third-order valence-corrected chi connectivity index (χ3v) is 5.33. The van der Waals surface area contributed by atoms with E-state index in [4.69, 9.17) is 30.8 Å². The molecule has 168 valence electrons. The van der Waals surface area contributed by atoms with E-state index >= 15 is 0 Å². The fraction of sp³-hybridized carbons (Fsp3) is 0.478. The van der Waals surface area contributed by atoms with Crippen LogP contribution < -0.4 is 15.0 Å². The Morgan fingerprint density at radius 1 is 1.35 bits per heavy atom. The third-order valence-electron chi connectivity index (χ3n) is 5.08. The summed E-state index contributed by atoms with van der Waals surface area (Å²) in [5.74, 6) is 1.46. The molecule has 0 saturated carbocycles. The molecule has 0 radical (unpaired) electrons. The lowest BCUT2D eigenvalue weighted by Crippen LogP contribution is -2.44. The summed E-state index contributed by atoms with van der Waals surface area (Å²) < 4.78 is 16.7. The van der Waals surface area contributed by atoms with Crippen molar-refractivity contribution in [1.82, 2.24) is 10.3 Å². The van der Waals surface area contributed by atoms with Crippen molar-refractivity contribution >= 4 is 23.5 Å². The summed E-state index contributed by atoms with van der Waals surface area (Å²) in [6, 6.07) is 9.27. The van der Waals surface area contributed by atoms with Gasteiger partial charge in [-0.3, -0.25) is 0 Å². The van der Waals surface area contributed by atoms with E-state index in [0.29, 0.717) is 37.1 Å². The molecule has 1 fully saturated rings. The molecule has 1 amide bonds. The number of morpholine rings is 1. The van der Waals surface area contributed by atoms with E-state index in [1.54, 1.807) is 19.2 Å². The minimum absolute atomic E-state index is 0.0120. The summed E-state index contributed by atoms with van der Waals surface area (Å²) in [4.78, 5) is 19.5. The Bertz CT molecular complexity index is 887. The molecular formula is C23H30ClN3O4. The van der Waals surface area contributed by atoms with Gasteiger partial charge in [0.15, 0.2) is 5.75 Å². The van der Waals surface area contributed by atoms with Gasteiger partial charge in [-0.25, -0.2) is 9.78 Å². The van der Waals surface area contributed by atoms with E-state index in [9.17, 15) is 4.79 Å². The van der Waals surface area contributed by atoms with Crippen molar-refractivity contribution in [3.63, 3.8) is 0 Å². The predicted molar refractivity (Wildman–Crippen MR) is 121 cm³/mol. The maximum absolute atomic E-state index is 12.5. The molecule has 0 spiro atoms. The van der Waals surface area contributed by atoms with Crippen LogP contribution in [0.4, 0.5) is 10.6 Å². The minimum atomic E-state index is -0.513. The van der Waals surface area contributed by atoms with Crippen molar-refractivity contribution in [2.75, 3.05) is 38.3 Å². The van der Waals surface area contributed by atoms with E-state index in [1.165, 1.54) is 0 Å². The van der Waals surface area contributed by atoms with E-state index in [-0.39, 0.29) is 12.0 Å². The van der Waals surface area contributed by atoms with Crippen LogP contribution in [0, 0.1) is 6.92 Å². The van der Waals surface area contributed by atoms with Crippen molar-refractivity contribution in [2.45, 2.75) is 39.3 Å². The summed E-state index contributed by atoms with van der Waals surface area (Å²) in [7, 11) is 1.67. The Morgan fingerprint density at radius 2 is 2.10 bits per heavy atom. The van der Waals surface area contributed by atoms with Gasteiger partial charge in [0.25, 0.3) is 0 Å². The topological polar surface area (TPSA) is 72.9 Å². The first-order chi connectivity index (χ1) is 14.9. The number of nitrogens with one attached hydrogen (secondary N) is 1. The summed E-state index contributed by atoms with van der Waals surface area (Å²) in [5.41, 5.74) is 2.56. The van der Waals surface area contributed by atoms with Gasteiger partial charge in [-0.2, -0.15) is 0 Å².